The summed E-state index contributed by atoms with van der Waals surface area (Å²) in [6.07, 6.45) is 2.06. The van der Waals surface area contributed by atoms with Gasteiger partial charge in [-0.1, -0.05) is 17.3 Å². The van der Waals surface area contributed by atoms with E-state index in [1.807, 2.05) is 19.1 Å². The van der Waals surface area contributed by atoms with Crippen LogP contribution in [-0.2, 0) is 13.1 Å². The van der Waals surface area contributed by atoms with E-state index in [2.05, 4.69) is 34.1 Å². The maximum absolute atomic E-state index is 5.74. The van der Waals surface area contributed by atoms with Gasteiger partial charge in [-0.25, -0.2) is 0 Å². The summed E-state index contributed by atoms with van der Waals surface area (Å²) in [5.41, 5.74) is 9.03. The monoisotopic (exact) mass is 241 g/mol. The molecule has 0 saturated heterocycles. The lowest BCUT2D eigenvalue weighted by Gasteiger charge is -2.04. The summed E-state index contributed by atoms with van der Waals surface area (Å²) in [7, 11) is 0. The molecule has 0 unspecified atom stereocenters. The van der Waals surface area contributed by atoms with Gasteiger partial charge in [-0.05, 0) is 24.6 Å². The van der Waals surface area contributed by atoms with E-state index in [0.29, 0.717) is 6.54 Å². The van der Waals surface area contributed by atoms with E-state index >= 15 is 0 Å². The van der Waals surface area contributed by atoms with Crippen molar-refractivity contribution in [1.82, 2.24) is 9.72 Å². The molecular formula is C14H15N3O. The Morgan fingerprint density at radius 1 is 1.33 bits per heavy atom. The summed E-state index contributed by atoms with van der Waals surface area (Å²) in [5, 5.41) is 5.23. The molecule has 1 aromatic carbocycles. The number of nitrogens with zero attached hydrogens (tertiary/aromatic N) is 2. The molecule has 0 aliphatic heterocycles. The van der Waals surface area contributed by atoms with Gasteiger partial charge < -0.3 is 14.8 Å². The van der Waals surface area contributed by atoms with E-state index in [1.54, 1.807) is 0 Å². The number of fused-ring (bicyclic) bond motifs is 1. The van der Waals surface area contributed by atoms with Crippen LogP contribution in [0.25, 0.3) is 10.9 Å². The van der Waals surface area contributed by atoms with Crippen molar-refractivity contribution in [3.05, 3.63) is 53.5 Å². The van der Waals surface area contributed by atoms with Crippen molar-refractivity contribution < 1.29 is 4.52 Å². The lowest BCUT2D eigenvalue weighted by Crippen LogP contribution is -1.99. The highest BCUT2D eigenvalue weighted by atomic mass is 16.5. The Kier molecular flexibility index (Phi) is 2.64. The van der Waals surface area contributed by atoms with E-state index in [9.17, 15) is 0 Å². The highest BCUT2D eigenvalue weighted by molar-refractivity contribution is 5.83. The van der Waals surface area contributed by atoms with Crippen LogP contribution >= 0.6 is 0 Å². The minimum absolute atomic E-state index is 0.560. The molecule has 0 atom stereocenters. The number of aryl methyl sites for hydroxylation is 1. The molecule has 0 aliphatic rings. The third kappa shape index (κ3) is 1.80. The van der Waals surface area contributed by atoms with Crippen molar-refractivity contribution in [3.63, 3.8) is 0 Å². The minimum atomic E-state index is 0.560. The first kappa shape index (κ1) is 11.0. The number of hydrogen-bond donors (Lipinski definition) is 1. The third-order valence-electron chi connectivity index (χ3n) is 3.13. The van der Waals surface area contributed by atoms with Crippen molar-refractivity contribution in [2.75, 3.05) is 0 Å². The number of hydrogen-bond acceptors (Lipinski definition) is 3. The highest BCUT2D eigenvalue weighted by Gasteiger charge is 2.07. The zero-order valence-electron chi connectivity index (χ0n) is 10.3. The second-order valence-corrected chi connectivity index (χ2v) is 4.43. The fourth-order valence-electron chi connectivity index (χ4n) is 2.27. The van der Waals surface area contributed by atoms with Crippen LogP contribution in [-0.4, -0.2) is 9.72 Å². The first-order valence-corrected chi connectivity index (χ1v) is 5.97. The number of nitrogens with two attached hydrogens (primary N) is 1. The Balaban J connectivity index is 2.02. The van der Waals surface area contributed by atoms with Crippen molar-refractivity contribution in [1.29, 1.82) is 0 Å². The molecule has 2 N–H and O–H groups in total. The molecule has 0 fully saturated rings. The Labute approximate surface area is 105 Å². The molecule has 0 aliphatic carbocycles. The summed E-state index contributed by atoms with van der Waals surface area (Å²) in [6, 6.07) is 10.3. The number of rotatable bonds is 3. The minimum Gasteiger partial charge on any atom is -0.361 e. The number of benzene rings is 1. The van der Waals surface area contributed by atoms with E-state index in [-0.39, 0.29) is 0 Å². The van der Waals surface area contributed by atoms with Gasteiger partial charge in [0.1, 0.15) is 11.5 Å². The zero-order chi connectivity index (χ0) is 12.5. The molecule has 3 aromatic rings. The highest BCUT2D eigenvalue weighted by Crippen LogP contribution is 2.21. The van der Waals surface area contributed by atoms with Crippen LogP contribution in [0.15, 0.2) is 41.1 Å². The Morgan fingerprint density at radius 3 is 2.94 bits per heavy atom. The zero-order valence-corrected chi connectivity index (χ0v) is 10.3. The van der Waals surface area contributed by atoms with Gasteiger partial charge >= 0.3 is 0 Å². The smallest absolute Gasteiger partial charge is 0.133 e. The lowest BCUT2D eigenvalue weighted by atomic mass is 10.1. The van der Waals surface area contributed by atoms with E-state index in [0.717, 1.165) is 18.0 Å². The van der Waals surface area contributed by atoms with Gasteiger partial charge in [0.25, 0.3) is 0 Å². The van der Waals surface area contributed by atoms with Crippen molar-refractivity contribution in [3.8, 4) is 0 Å². The largest absolute Gasteiger partial charge is 0.361 e. The van der Waals surface area contributed by atoms with E-state index < -0.39 is 0 Å². The van der Waals surface area contributed by atoms with Crippen LogP contribution < -0.4 is 5.73 Å². The van der Waals surface area contributed by atoms with Gasteiger partial charge in [0, 0.05) is 29.7 Å². The van der Waals surface area contributed by atoms with Gasteiger partial charge in [0.2, 0.25) is 0 Å². The molecule has 2 heterocycles. The molecule has 92 valence electrons. The molecule has 0 spiro atoms. The summed E-state index contributed by atoms with van der Waals surface area (Å²) < 4.78 is 7.25. The Morgan fingerprint density at radius 2 is 2.22 bits per heavy atom. The predicted octanol–water partition coefficient (Wildman–Crippen LogP) is 2.44. The van der Waals surface area contributed by atoms with Gasteiger partial charge in [0.05, 0.1) is 6.54 Å². The van der Waals surface area contributed by atoms with Crippen molar-refractivity contribution in [2.45, 2.75) is 20.0 Å². The van der Waals surface area contributed by atoms with Gasteiger partial charge in [0.15, 0.2) is 0 Å². The van der Waals surface area contributed by atoms with Gasteiger partial charge in [-0.15, -0.1) is 0 Å². The fraction of sp³-hybridized carbons (Fsp3) is 0.214. The molecule has 4 nitrogen and oxygen atoms in total. The van der Waals surface area contributed by atoms with Gasteiger partial charge in [-0.3, -0.25) is 0 Å². The first-order chi connectivity index (χ1) is 8.78. The second kappa shape index (κ2) is 4.31. The summed E-state index contributed by atoms with van der Waals surface area (Å²) in [4.78, 5) is 0. The summed E-state index contributed by atoms with van der Waals surface area (Å²) in [6.45, 7) is 3.18. The Hall–Kier alpha value is -2.07. The second-order valence-electron chi connectivity index (χ2n) is 4.43. The average Bonchev–Trinajstić information content (AvgIpc) is 2.97. The van der Waals surface area contributed by atoms with Crippen LogP contribution in [0, 0.1) is 6.92 Å². The maximum atomic E-state index is 5.74. The predicted molar refractivity (Wildman–Crippen MR) is 70.2 cm³/mol. The van der Waals surface area contributed by atoms with E-state index in [4.69, 9.17) is 10.3 Å². The molecule has 18 heavy (non-hydrogen) atoms. The van der Waals surface area contributed by atoms with Crippen LogP contribution in [0.4, 0.5) is 0 Å². The van der Waals surface area contributed by atoms with Crippen LogP contribution in [0.1, 0.15) is 17.0 Å². The molecule has 0 bridgehead atoms. The SMILES string of the molecule is Cc1cc(Cn2ccc3c(CN)cccc32)no1. The first-order valence-electron chi connectivity index (χ1n) is 5.97. The summed E-state index contributed by atoms with van der Waals surface area (Å²) in [5.74, 6) is 0.837. The van der Waals surface area contributed by atoms with Crippen LogP contribution in [0.3, 0.4) is 0 Å². The Bertz CT molecular complexity index is 681. The normalized spacial score (nSPS) is 11.2. The van der Waals surface area contributed by atoms with Crippen LogP contribution in [0.2, 0.25) is 0 Å². The van der Waals surface area contributed by atoms with Crippen molar-refractivity contribution >= 4 is 10.9 Å². The molecule has 0 amide bonds. The number of aromatic nitrogens is 2. The molecule has 0 saturated carbocycles. The topological polar surface area (TPSA) is 57.0 Å². The van der Waals surface area contributed by atoms with Crippen LogP contribution in [0.5, 0.6) is 0 Å². The lowest BCUT2D eigenvalue weighted by molar-refractivity contribution is 0.389. The summed E-state index contributed by atoms with van der Waals surface area (Å²) >= 11 is 0. The standard InChI is InChI=1S/C14H15N3O/c1-10-7-12(16-18-10)9-17-6-5-13-11(8-15)3-2-4-14(13)17/h2-7H,8-9,15H2,1H3. The van der Waals surface area contributed by atoms with E-state index in [1.165, 1.54) is 16.5 Å². The molecule has 2 aromatic heterocycles. The van der Waals surface area contributed by atoms with Crippen molar-refractivity contribution in [2.24, 2.45) is 5.73 Å². The molecule has 3 rings (SSSR count). The average molecular weight is 241 g/mol. The van der Waals surface area contributed by atoms with Gasteiger partial charge in [-0.2, -0.15) is 0 Å². The molecule has 0 radical (unpaired) electrons. The molecule has 4 heteroatoms. The molecular weight excluding hydrogens is 226 g/mol. The quantitative estimate of drug-likeness (QED) is 0.766. The maximum Gasteiger partial charge on any atom is 0.133 e. The third-order valence-corrected chi connectivity index (χ3v) is 3.13. The fourth-order valence-corrected chi connectivity index (χ4v) is 2.27.